The van der Waals surface area contributed by atoms with Crippen LogP contribution in [0.3, 0.4) is 0 Å². The summed E-state index contributed by atoms with van der Waals surface area (Å²) in [5.41, 5.74) is 6.54. The average Bonchev–Trinajstić information content (AvgIpc) is 3.26. The lowest BCUT2D eigenvalue weighted by molar-refractivity contribution is 0.521. The van der Waals surface area contributed by atoms with Crippen LogP contribution in [0.2, 0.25) is 0 Å². The molecule has 150 valence electrons. The van der Waals surface area contributed by atoms with Crippen molar-refractivity contribution in [3.63, 3.8) is 0 Å². The first-order chi connectivity index (χ1) is 15.4. The number of hydrogen-bond donors (Lipinski definition) is 0. The van der Waals surface area contributed by atoms with Crippen molar-refractivity contribution >= 4 is 11.6 Å². The van der Waals surface area contributed by atoms with E-state index in [9.17, 15) is 0 Å². The third-order valence-corrected chi connectivity index (χ3v) is 6.39. The van der Waals surface area contributed by atoms with Gasteiger partial charge < -0.3 is 0 Å². The lowest BCUT2D eigenvalue weighted by atomic mass is 9.68. The summed E-state index contributed by atoms with van der Waals surface area (Å²) in [6.45, 7) is 0. The smallest absolute Gasteiger partial charge is 0.0279 e. The van der Waals surface area contributed by atoms with Gasteiger partial charge in [-0.25, -0.2) is 0 Å². The van der Waals surface area contributed by atoms with E-state index in [0.29, 0.717) is 0 Å². The van der Waals surface area contributed by atoms with Crippen LogP contribution in [0.5, 0.6) is 0 Å². The fourth-order valence-corrected chi connectivity index (χ4v) is 4.84. The highest BCUT2D eigenvalue weighted by atomic mass is 14.5. The van der Waals surface area contributed by atoms with Gasteiger partial charge >= 0.3 is 0 Å². The van der Waals surface area contributed by atoms with E-state index in [0.717, 1.165) is 6.42 Å². The summed E-state index contributed by atoms with van der Waals surface area (Å²) in [5.74, 6) is 0.270. The molecule has 0 saturated carbocycles. The zero-order valence-electron chi connectivity index (χ0n) is 17.6. The first kappa shape index (κ1) is 19.3. The van der Waals surface area contributed by atoms with Crippen molar-refractivity contribution < 1.29 is 0 Å². The molecule has 1 aliphatic rings. The fraction of sp³-hybridized carbons (Fsp3) is 0.0968. The van der Waals surface area contributed by atoms with Crippen LogP contribution in [-0.2, 0) is 5.41 Å². The molecule has 0 amide bonds. The summed E-state index contributed by atoms with van der Waals surface area (Å²) in [5, 5.41) is 0. The molecule has 0 saturated heterocycles. The van der Waals surface area contributed by atoms with Crippen LogP contribution in [0.25, 0.3) is 11.6 Å². The van der Waals surface area contributed by atoms with E-state index in [1.54, 1.807) is 0 Å². The number of benzene rings is 4. The van der Waals surface area contributed by atoms with Crippen molar-refractivity contribution in [1.29, 1.82) is 0 Å². The molecule has 0 heteroatoms. The number of rotatable bonds is 5. The molecule has 1 aliphatic carbocycles. The highest BCUT2D eigenvalue weighted by Crippen LogP contribution is 2.53. The van der Waals surface area contributed by atoms with E-state index < -0.39 is 0 Å². The van der Waals surface area contributed by atoms with Crippen molar-refractivity contribution in [2.45, 2.75) is 17.8 Å². The standard InChI is InChI=1S/C31H26/c1-5-13-25(14-6-1)21-22-31(29-19-11-4-12-20-29)24-28(26-15-7-2-8-16-26)23-30(31)27-17-9-3-10-18-27/h1-23,30H,24H2/b22-21+/t30-,31-/m1/s1. The van der Waals surface area contributed by atoms with Gasteiger partial charge in [-0.1, -0.05) is 140 Å². The van der Waals surface area contributed by atoms with Crippen LogP contribution in [0.4, 0.5) is 0 Å². The molecule has 0 bridgehead atoms. The van der Waals surface area contributed by atoms with E-state index in [-0.39, 0.29) is 11.3 Å². The minimum atomic E-state index is -0.135. The maximum Gasteiger partial charge on any atom is 0.0279 e. The summed E-state index contributed by atoms with van der Waals surface area (Å²) in [6.07, 6.45) is 8.21. The molecule has 0 heterocycles. The second-order valence-corrected chi connectivity index (χ2v) is 8.27. The maximum absolute atomic E-state index is 2.49. The Bertz CT molecular complexity index is 1170. The molecule has 0 aliphatic heterocycles. The summed E-state index contributed by atoms with van der Waals surface area (Å²) in [6, 6.07) is 43.4. The van der Waals surface area contributed by atoms with Crippen molar-refractivity contribution in [2.24, 2.45) is 0 Å². The molecule has 0 nitrogen and oxygen atoms in total. The molecule has 0 N–H and O–H groups in total. The molecular formula is C31H26. The molecule has 5 rings (SSSR count). The van der Waals surface area contributed by atoms with Gasteiger partial charge in [0, 0.05) is 11.3 Å². The van der Waals surface area contributed by atoms with Crippen molar-refractivity contribution in [1.82, 2.24) is 0 Å². The van der Waals surface area contributed by atoms with Crippen LogP contribution < -0.4 is 0 Å². The van der Waals surface area contributed by atoms with Gasteiger partial charge in [0.2, 0.25) is 0 Å². The molecule has 4 aromatic carbocycles. The molecule has 4 aromatic rings. The van der Waals surface area contributed by atoms with Gasteiger partial charge in [-0.2, -0.15) is 0 Å². The molecular weight excluding hydrogens is 372 g/mol. The lowest BCUT2D eigenvalue weighted by Crippen LogP contribution is -2.27. The van der Waals surface area contributed by atoms with Gasteiger partial charge in [0.1, 0.15) is 0 Å². The number of allylic oxidation sites excluding steroid dienone is 3. The average molecular weight is 399 g/mol. The third kappa shape index (κ3) is 3.90. The third-order valence-electron chi connectivity index (χ3n) is 6.39. The highest BCUT2D eigenvalue weighted by Gasteiger charge is 2.43. The summed E-state index contributed by atoms with van der Waals surface area (Å²) in [4.78, 5) is 0. The zero-order valence-corrected chi connectivity index (χ0v) is 17.6. The van der Waals surface area contributed by atoms with Crippen LogP contribution in [0, 0.1) is 0 Å². The molecule has 0 fully saturated rings. The van der Waals surface area contributed by atoms with E-state index in [1.165, 1.54) is 27.8 Å². The van der Waals surface area contributed by atoms with Crippen molar-refractivity contribution in [3.8, 4) is 0 Å². The first-order valence-electron chi connectivity index (χ1n) is 11.0. The Morgan fingerprint density at radius 1 is 0.613 bits per heavy atom. The second kappa shape index (κ2) is 8.62. The summed E-state index contributed by atoms with van der Waals surface area (Å²) < 4.78 is 0. The van der Waals surface area contributed by atoms with Crippen molar-refractivity contribution in [3.05, 3.63) is 156 Å². The Morgan fingerprint density at radius 3 is 1.81 bits per heavy atom. The van der Waals surface area contributed by atoms with Gasteiger partial charge in [0.05, 0.1) is 0 Å². The van der Waals surface area contributed by atoms with E-state index in [1.807, 2.05) is 0 Å². The van der Waals surface area contributed by atoms with Gasteiger partial charge in [0.25, 0.3) is 0 Å². The first-order valence-corrected chi connectivity index (χ1v) is 11.0. The maximum atomic E-state index is 2.49. The van der Waals surface area contributed by atoms with Gasteiger partial charge in [-0.05, 0) is 34.2 Å². The molecule has 0 unspecified atom stereocenters. The van der Waals surface area contributed by atoms with Crippen LogP contribution in [-0.4, -0.2) is 0 Å². The zero-order chi connectivity index (χ0) is 20.9. The van der Waals surface area contributed by atoms with Gasteiger partial charge in [-0.15, -0.1) is 0 Å². The molecule has 2 atom stereocenters. The van der Waals surface area contributed by atoms with E-state index in [4.69, 9.17) is 0 Å². The Labute approximate surface area is 185 Å². The summed E-state index contributed by atoms with van der Waals surface area (Å²) in [7, 11) is 0. The van der Waals surface area contributed by atoms with Crippen molar-refractivity contribution in [2.75, 3.05) is 0 Å². The minimum absolute atomic E-state index is 0.135. The van der Waals surface area contributed by atoms with E-state index in [2.05, 4.69) is 140 Å². The van der Waals surface area contributed by atoms with Gasteiger partial charge in [-0.3, -0.25) is 0 Å². The predicted octanol–water partition coefficient (Wildman–Crippen LogP) is 7.91. The second-order valence-electron chi connectivity index (χ2n) is 8.27. The SMILES string of the molecule is C1=C(c2ccccc2)C[C@](/C=C/c2ccccc2)(c2ccccc2)[C@H]1c1ccccc1. The van der Waals surface area contributed by atoms with Crippen LogP contribution in [0.1, 0.15) is 34.6 Å². The predicted molar refractivity (Wildman–Crippen MR) is 132 cm³/mol. The quantitative estimate of drug-likeness (QED) is 0.320. The van der Waals surface area contributed by atoms with Crippen LogP contribution in [0.15, 0.2) is 133 Å². The number of hydrogen-bond acceptors (Lipinski definition) is 0. The Balaban J connectivity index is 1.68. The monoisotopic (exact) mass is 398 g/mol. The van der Waals surface area contributed by atoms with Gasteiger partial charge in [0.15, 0.2) is 0 Å². The lowest BCUT2D eigenvalue weighted by Gasteiger charge is -2.34. The van der Waals surface area contributed by atoms with E-state index >= 15 is 0 Å². The Kier molecular flexibility index (Phi) is 5.37. The fourth-order valence-electron chi connectivity index (χ4n) is 4.84. The highest BCUT2D eigenvalue weighted by molar-refractivity contribution is 5.74. The normalized spacial score (nSPS) is 20.6. The Hall–Kier alpha value is -3.64. The molecule has 0 aromatic heterocycles. The molecule has 0 spiro atoms. The summed E-state index contributed by atoms with van der Waals surface area (Å²) >= 11 is 0. The minimum Gasteiger partial charge on any atom is -0.0721 e. The molecule has 31 heavy (non-hydrogen) atoms. The van der Waals surface area contributed by atoms with Crippen LogP contribution >= 0.6 is 0 Å². The topological polar surface area (TPSA) is 0 Å². The Morgan fingerprint density at radius 2 is 1.16 bits per heavy atom. The molecule has 0 radical (unpaired) electrons. The largest absolute Gasteiger partial charge is 0.0721 e.